The predicted molar refractivity (Wildman–Crippen MR) is 72.9 cm³/mol. The smallest absolute Gasteiger partial charge is 0.0125 e. The second-order valence-electron chi connectivity index (χ2n) is 8.28. The van der Waals surface area contributed by atoms with E-state index in [1.165, 1.54) is 19.3 Å². The Morgan fingerprint density at radius 1 is 1.12 bits per heavy atom. The molecular formula is C16H29N. The first-order valence-electron chi connectivity index (χ1n) is 7.60. The highest BCUT2D eigenvalue weighted by Gasteiger charge is 2.53. The molecule has 98 valence electrons. The van der Waals surface area contributed by atoms with Gasteiger partial charge < -0.3 is 5.32 Å². The molecule has 4 aliphatic rings. The van der Waals surface area contributed by atoms with E-state index in [4.69, 9.17) is 0 Å². The first kappa shape index (κ1) is 12.0. The van der Waals surface area contributed by atoms with Crippen molar-refractivity contribution in [3.05, 3.63) is 0 Å². The minimum atomic E-state index is 0.334. The van der Waals surface area contributed by atoms with Crippen LogP contribution in [0.3, 0.4) is 0 Å². The molecule has 4 aliphatic carbocycles. The predicted octanol–water partition coefficient (Wildman–Crippen LogP) is 3.84. The molecule has 0 aliphatic heterocycles. The quantitative estimate of drug-likeness (QED) is 0.784. The third-order valence-electron chi connectivity index (χ3n) is 6.20. The Hall–Kier alpha value is -0.0400. The van der Waals surface area contributed by atoms with Gasteiger partial charge in [0.2, 0.25) is 0 Å². The van der Waals surface area contributed by atoms with E-state index in [2.05, 4.69) is 33.1 Å². The van der Waals surface area contributed by atoms with Crippen molar-refractivity contribution in [2.24, 2.45) is 29.1 Å². The Kier molecular flexibility index (Phi) is 2.63. The van der Waals surface area contributed by atoms with Crippen LogP contribution in [-0.2, 0) is 0 Å². The summed E-state index contributed by atoms with van der Waals surface area (Å²) >= 11 is 0. The fourth-order valence-corrected chi connectivity index (χ4v) is 5.56. The topological polar surface area (TPSA) is 12.0 Å². The third kappa shape index (κ3) is 2.05. The second kappa shape index (κ2) is 3.73. The summed E-state index contributed by atoms with van der Waals surface area (Å²) in [5.74, 6) is 4.21. The van der Waals surface area contributed by atoms with E-state index in [1.807, 2.05) is 0 Å². The van der Waals surface area contributed by atoms with Crippen molar-refractivity contribution in [3.63, 3.8) is 0 Å². The van der Waals surface area contributed by atoms with E-state index in [1.54, 1.807) is 19.3 Å². The summed E-state index contributed by atoms with van der Waals surface area (Å²) in [6, 6.07) is 0. The number of hydrogen-bond acceptors (Lipinski definition) is 1. The van der Waals surface area contributed by atoms with Gasteiger partial charge in [-0.1, -0.05) is 6.92 Å². The van der Waals surface area contributed by atoms with Crippen molar-refractivity contribution in [2.45, 2.75) is 64.8 Å². The molecule has 2 unspecified atom stereocenters. The van der Waals surface area contributed by atoms with Crippen LogP contribution in [0.2, 0.25) is 0 Å². The first-order chi connectivity index (χ1) is 7.91. The largest absolute Gasteiger partial charge is 0.315 e. The standard InChI is InChI=1S/C16H29N/c1-15(2,17-4)10-14-12-5-11-6-13(14)9-16(3,7-11)8-12/h11-14,17H,5-10H2,1-4H3. The molecule has 0 aromatic rings. The average molecular weight is 235 g/mol. The Bertz CT molecular complexity index is 291. The summed E-state index contributed by atoms with van der Waals surface area (Å²) in [6.07, 6.45) is 9.10. The van der Waals surface area contributed by atoms with Gasteiger partial charge in [0.1, 0.15) is 0 Å². The van der Waals surface area contributed by atoms with Crippen LogP contribution < -0.4 is 5.32 Å². The van der Waals surface area contributed by atoms with Crippen LogP contribution in [0.15, 0.2) is 0 Å². The average Bonchev–Trinajstić information content (AvgIpc) is 2.21. The van der Waals surface area contributed by atoms with Crippen LogP contribution in [0, 0.1) is 29.1 Å². The van der Waals surface area contributed by atoms with Gasteiger partial charge in [0, 0.05) is 5.54 Å². The second-order valence-corrected chi connectivity index (χ2v) is 8.28. The van der Waals surface area contributed by atoms with Crippen molar-refractivity contribution in [2.75, 3.05) is 7.05 Å². The van der Waals surface area contributed by atoms with Crippen molar-refractivity contribution < 1.29 is 0 Å². The zero-order valence-corrected chi connectivity index (χ0v) is 12.1. The van der Waals surface area contributed by atoms with Gasteiger partial charge in [-0.05, 0) is 88.5 Å². The van der Waals surface area contributed by atoms with Gasteiger partial charge >= 0.3 is 0 Å². The van der Waals surface area contributed by atoms with Gasteiger partial charge in [0.15, 0.2) is 0 Å². The Balaban J connectivity index is 1.76. The Labute approximate surface area is 107 Å². The van der Waals surface area contributed by atoms with Crippen LogP contribution in [0.4, 0.5) is 0 Å². The van der Waals surface area contributed by atoms with Gasteiger partial charge in [-0.3, -0.25) is 0 Å². The minimum Gasteiger partial charge on any atom is -0.315 e. The Morgan fingerprint density at radius 2 is 1.71 bits per heavy atom. The maximum Gasteiger partial charge on any atom is 0.0125 e. The zero-order chi connectivity index (χ0) is 12.3. The van der Waals surface area contributed by atoms with E-state index in [0.717, 1.165) is 29.1 Å². The fraction of sp³-hybridized carbons (Fsp3) is 1.00. The highest BCUT2D eigenvalue weighted by atomic mass is 14.9. The van der Waals surface area contributed by atoms with Gasteiger partial charge in [0.05, 0.1) is 0 Å². The van der Waals surface area contributed by atoms with Crippen molar-refractivity contribution >= 4 is 0 Å². The molecule has 4 fully saturated rings. The summed E-state index contributed by atoms with van der Waals surface area (Å²) in [7, 11) is 2.12. The van der Waals surface area contributed by atoms with E-state index < -0.39 is 0 Å². The molecule has 2 atom stereocenters. The van der Waals surface area contributed by atoms with E-state index >= 15 is 0 Å². The molecule has 4 rings (SSSR count). The SMILES string of the molecule is CNC(C)(C)CC1C2CC3CC1CC(C)(C3)C2. The lowest BCUT2D eigenvalue weighted by molar-refractivity contribution is -0.0939. The molecule has 1 heteroatoms. The summed E-state index contributed by atoms with van der Waals surface area (Å²) in [5.41, 5.74) is 1.07. The molecule has 0 saturated heterocycles. The summed E-state index contributed by atoms with van der Waals surface area (Å²) < 4.78 is 0. The number of nitrogens with one attached hydrogen (secondary N) is 1. The maximum atomic E-state index is 3.51. The van der Waals surface area contributed by atoms with E-state index in [9.17, 15) is 0 Å². The molecule has 17 heavy (non-hydrogen) atoms. The maximum absolute atomic E-state index is 3.51. The lowest BCUT2D eigenvalue weighted by Gasteiger charge is -2.60. The van der Waals surface area contributed by atoms with Crippen LogP contribution >= 0.6 is 0 Å². The molecule has 0 radical (unpaired) electrons. The van der Waals surface area contributed by atoms with Gasteiger partial charge in [0.25, 0.3) is 0 Å². The third-order valence-corrected chi connectivity index (χ3v) is 6.20. The number of rotatable bonds is 3. The summed E-state index contributed by atoms with van der Waals surface area (Å²) in [4.78, 5) is 0. The molecule has 0 aromatic carbocycles. The van der Waals surface area contributed by atoms with Gasteiger partial charge in [-0.15, -0.1) is 0 Å². The molecule has 0 heterocycles. The molecule has 0 amide bonds. The lowest BCUT2D eigenvalue weighted by Crippen LogP contribution is -2.52. The highest BCUT2D eigenvalue weighted by Crippen LogP contribution is 2.63. The fourth-order valence-electron chi connectivity index (χ4n) is 5.56. The van der Waals surface area contributed by atoms with Crippen LogP contribution in [0.1, 0.15) is 59.3 Å². The molecule has 0 spiro atoms. The minimum absolute atomic E-state index is 0.334. The van der Waals surface area contributed by atoms with E-state index in [0.29, 0.717) is 5.54 Å². The zero-order valence-electron chi connectivity index (χ0n) is 12.1. The van der Waals surface area contributed by atoms with E-state index in [-0.39, 0.29) is 0 Å². The van der Waals surface area contributed by atoms with Gasteiger partial charge in [-0.25, -0.2) is 0 Å². The lowest BCUT2D eigenvalue weighted by atomic mass is 9.46. The molecular weight excluding hydrogens is 206 g/mol. The number of hydrogen-bond donors (Lipinski definition) is 1. The molecule has 0 aromatic heterocycles. The van der Waals surface area contributed by atoms with Crippen LogP contribution in [0.5, 0.6) is 0 Å². The molecule has 4 saturated carbocycles. The first-order valence-corrected chi connectivity index (χ1v) is 7.60. The normalized spacial score (nSPS) is 48.7. The van der Waals surface area contributed by atoms with Crippen molar-refractivity contribution in [1.29, 1.82) is 0 Å². The van der Waals surface area contributed by atoms with Crippen LogP contribution in [0.25, 0.3) is 0 Å². The van der Waals surface area contributed by atoms with Crippen LogP contribution in [-0.4, -0.2) is 12.6 Å². The summed E-state index contributed by atoms with van der Waals surface area (Å²) in [5, 5.41) is 3.51. The monoisotopic (exact) mass is 235 g/mol. The highest BCUT2D eigenvalue weighted by molar-refractivity contribution is 5.04. The summed E-state index contributed by atoms with van der Waals surface area (Å²) in [6.45, 7) is 7.32. The molecule has 1 N–H and O–H groups in total. The molecule has 4 bridgehead atoms. The van der Waals surface area contributed by atoms with Crippen molar-refractivity contribution in [1.82, 2.24) is 5.32 Å². The molecule has 1 nitrogen and oxygen atoms in total. The van der Waals surface area contributed by atoms with Gasteiger partial charge in [-0.2, -0.15) is 0 Å². The Morgan fingerprint density at radius 3 is 2.18 bits per heavy atom. The van der Waals surface area contributed by atoms with Crippen molar-refractivity contribution in [3.8, 4) is 0 Å².